The van der Waals surface area contributed by atoms with E-state index in [9.17, 15) is 9.59 Å². The van der Waals surface area contributed by atoms with E-state index in [1.165, 1.54) is 5.56 Å². The Labute approximate surface area is 134 Å². The quantitative estimate of drug-likeness (QED) is 0.704. The van der Waals surface area contributed by atoms with E-state index < -0.39 is 0 Å². The van der Waals surface area contributed by atoms with Gasteiger partial charge in [-0.2, -0.15) is 0 Å². The molecule has 0 aliphatic heterocycles. The summed E-state index contributed by atoms with van der Waals surface area (Å²) in [5, 5.41) is 5.57. The average Bonchev–Trinajstić information content (AvgIpc) is 2.48. The molecule has 0 heterocycles. The lowest BCUT2D eigenvalue weighted by Gasteiger charge is -2.10. The number of hydrogen-bond acceptors (Lipinski definition) is 2. The van der Waals surface area contributed by atoms with Crippen molar-refractivity contribution in [2.75, 3.05) is 11.9 Å². The van der Waals surface area contributed by atoms with Gasteiger partial charge in [-0.1, -0.05) is 48.3 Å². The predicted octanol–water partition coefficient (Wildman–Crippen LogP) is 3.26. The topological polar surface area (TPSA) is 58.2 Å². The molecule has 0 aliphatic carbocycles. The number of anilines is 1. The van der Waals surface area contributed by atoms with Gasteiger partial charge in [-0.25, -0.2) is 0 Å². The van der Waals surface area contributed by atoms with Crippen LogP contribution in [0.1, 0.15) is 38.7 Å². The number of aryl methyl sites for hydroxylation is 1. The number of alkyl halides is 1. The normalized spacial score (nSPS) is 11.8. The van der Waals surface area contributed by atoms with Gasteiger partial charge in [0, 0.05) is 18.7 Å². The molecule has 21 heavy (non-hydrogen) atoms. The minimum absolute atomic E-state index is 0.0584. The highest BCUT2D eigenvalue weighted by molar-refractivity contribution is 9.10. The molecule has 2 amide bonds. The van der Waals surface area contributed by atoms with Gasteiger partial charge in [0.2, 0.25) is 11.8 Å². The van der Waals surface area contributed by atoms with Crippen molar-refractivity contribution in [2.24, 2.45) is 0 Å². The van der Waals surface area contributed by atoms with Gasteiger partial charge in [-0.15, -0.1) is 0 Å². The highest BCUT2D eigenvalue weighted by Gasteiger charge is 2.13. The third-order valence-electron chi connectivity index (χ3n) is 3.12. The maximum atomic E-state index is 11.8. The van der Waals surface area contributed by atoms with E-state index in [-0.39, 0.29) is 23.1 Å². The fourth-order valence-corrected chi connectivity index (χ4v) is 2.46. The Balaban J connectivity index is 2.29. The molecule has 0 fully saturated rings. The Kier molecular flexibility index (Phi) is 8.05. The standard InChI is InChI=1S/C16H23BrN2O2/c1-3-5-14(17)16(21)18-11-10-15(20)19-13-8-6-12(4-2)7-9-13/h6-9,14H,3-5,10-11H2,1-2H3,(H,18,21)(H,19,20). The second-order valence-electron chi connectivity index (χ2n) is 4.90. The Morgan fingerprint density at radius 3 is 2.43 bits per heavy atom. The lowest BCUT2D eigenvalue weighted by Crippen LogP contribution is -2.33. The van der Waals surface area contributed by atoms with Gasteiger partial charge in [0.15, 0.2) is 0 Å². The van der Waals surface area contributed by atoms with Gasteiger partial charge in [0.05, 0.1) is 4.83 Å². The SMILES string of the molecule is CCCC(Br)C(=O)NCCC(=O)Nc1ccc(CC)cc1. The summed E-state index contributed by atoms with van der Waals surface area (Å²) in [6.07, 6.45) is 2.98. The second-order valence-corrected chi connectivity index (χ2v) is 6.00. The van der Waals surface area contributed by atoms with Gasteiger partial charge >= 0.3 is 0 Å². The van der Waals surface area contributed by atoms with Gasteiger partial charge in [0.25, 0.3) is 0 Å². The van der Waals surface area contributed by atoms with Crippen LogP contribution < -0.4 is 10.6 Å². The number of benzene rings is 1. The van der Waals surface area contributed by atoms with Crippen molar-refractivity contribution in [3.63, 3.8) is 0 Å². The van der Waals surface area contributed by atoms with Crippen LogP contribution >= 0.6 is 15.9 Å². The van der Waals surface area contributed by atoms with E-state index in [4.69, 9.17) is 0 Å². The smallest absolute Gasteiger partial charge is 0.233 e. The molecular formula is C16H23BrN2O2. The van der Waals surface area contributed by atoms with Crippen LogP contribution in [0.25, 0.3) is 0 Å². The number of carbonyl (C=O) groups is 2. The van der Waals surface area contributed by atoms with Crippen LogP contribution in [0.3, 0.4) is 0 Å². The first-order chi connectivity index (χ1) is 10.1. The molecule has 116 valence electrons. The van der Waals surface area contributed by atoms with E-state index in [2.05, 4.69) is 33.5 Å². The van der Waals surface area contributed by atoms with Crippen molar-refractivity contribution in [1.82, 2.24) is 5.32 Å². The van der Waals surface area contributed by atoms with Gasteiger partial charge in [0.1, 0.15) is 0 Å². The molecule has 0 radical (unpaired) electrons. The molecule has 0 spiro atoms. The molecular weight excluding hydrogens is 332 g/mol. The van der Waals surface area contributed by atoms with Crippen LogP contribution in [-0.2, 0) is 16.0 Å². The molecule has 0 bridgehead atoms. The van der Waals surface area contributed by atoms with Gasteiger partial charge in [-0.3, -0.25) is 9.59 Å². The number of carbonyl (C=O) groups excluding carboxylic acids is 2. The number of rotatable bonds is 8. The minimum atomic E-state index is -0.174. The molecule has 0 saturated carbocycles. The molecule has 5 heteroatoms. The van der Waals surface area contributed by atoms with Crippen molar-refractivity contribution in [3.8, 4) is 0 Å². The molecule has 0 aromatic heterocycles. The van der Waals surface area contributed by atoms with Crippen LogP contribution in [0.5, 0.6) is 0 Å². The van der Waals surface area contributed by atoms with Crippen LogP contribution in [0, 0.1) is 0 Å². The Morgan fingerprint density at radius 1 is 1.19 bits per heavy atom. The van der Waals surface area contributed by atoms with Crippen LogP contribution in [0.4, 0.5) is 5.69 Å². The summed E-state index contributed by atoms with van der Waals surface area (Å²) in [5.41, 5.74) is 2.02. The molecule has 2 N–H and O–H groups in total. The van der Waals surface area contributed by atoms with E-state index in [1.54, 1.807) is 0 Å². The zero-order valence-corrected chi connectivity index (χ0v) is 14.2. The highest BCUT2D eigenvalue weighted by Crippen LogP contribution is 2.10. The van der Waals surface area contributed by atoms with E-state index in [0.29, 0.717) is 6.54 Å². The lowest BCUT2D eigenvalue weighted by atomic mass is 10.1. The summed E-state index contributed by atoms with van der Waals surface area (Å²) in [7, 11) is 0. The third kappa shape index (κ3) is 6.76. The number of amides is 2. The van der Waals surface area contributed by atoms with Crippen LogP contribution in [0.15, 0.2) is 24.3 Å². The fraction of sp³-hybridized carbons (Fsp3) is 0.500. The second kappa shape index (κ2) is 9.55. The zero-order chi connectivity index (χ0) is 15.7. The zero-order valence-electron chi connectivity index (χ0n) is 12.6. The van der Waals surface area contributed by atoms with Crippen molar-refractivity contribution >= 4 is 33.4 Å². The maximum absolute atomic E-state index is 11.8. The first kappa shape index (κ1) is 17.7. The largest absolute Gasteiger partial charge is 0.355 e. The van der Waals surface area contributed by atoms with E-state index in [0.717, 1.165) is 24.9 Å². The Morgan fingerprint density at radius 2 is 1.86 bits per heavy atom. The molecule has 0 saturated heterocycles. The number of hydrogen-bond donors (Lipinski definition) is 2. The third-order valence-corrected chi connectivity index (χ3v) is 4.00. The monoisotopic (exact) mass is 354 g/mol. The summed E-state index contributed by atoms with van der Waals surface area (Å²) in [6, 6.07) is 7.78. The fourth-order valence-electron chi connectivity index (χ4n) is 1.84. The van der Waals surface area contributed by atoms with Crippen molar-refractivity contribution in [2.45, 2.75) is 44.4 Å². The summed E-state index contributed by atoms with van der Waals surface area (Å²) in [4.78, 5) is 23.2. The number of nitrogens with one attached hydrogen (secondary N) is 2. The van der Waals surface area contributed by atoms with Gasteiger partial charge < -0.3 is 10.6 Å². The molecule has 0 aliphatic rings. The summed E-state index contributed by atoms with van der Waals surface area (Å²) in [5.74, 6) is -0.155. The van der Waals surface area contributed by atoms with Crippen molar-refractivity contribution in [3.05, 3.63) is 29.8 Å². The summed E-state index contributed by atoms with van der Waals surface area (Å²) < 4.78 is 0. The minimum Gasteiger partial charge on any atom is -0.355 e. The highest BCUT2D eigenvalue weighted by atomic mass is 79.9. The lowest BCUT2D eigenvalue weighted by molar-refractivity contribution is -0.120. The maximum Gasteiger partial charge on any atom is 0.233 e. The van der Waals surface area contributed by atoms with Crippen LogP contribution in [-0.4, -0.2) is 23.2 Å². The first-order valence-electron chi connectivity index (χ1n) is 7.37. The van der Waals surface area contributed by atoms with Crippen molar-refractivity contribution < 1.29 is 9.59 Å². The van der Waals surface area contributed by atoms with Gasteiger partial charge in [-0.05, 0) is 30.5 Å². The molecule has 1 aromatic rings. The Hall–Kier alpha value is -1.36. The van der Waals surface area contributed by atoms with E-state index in [1.807, 2.05) is 31.2 Å². The van der Waals surface area contributed by atoms with E-state index >= 15 is 0 Å². The first-order valence-corrected chi connectivity index (χ1v) is 8.29. The molecule has 1 rings (SSSR count). The average molecular weight is 355 g/mol. The summed E-state index contributed by atoms with van der Waals surface area (Å²) >= 11 is 3.33. The molecule has 1 aromatic carbocycles. The molecule has 1 unspecified atom stereocenters. The predicted molar refractivity (Wildman–Crippen MR) is 89.7 cm³/mol. The Bertz CT molecular complexity index is 460. The van der Waals surface area contributed by atoms with Crippen molar-refractivity contribution in [1.29, 1.82) is 0 Å². The molecule has 1 atom stereocenters. The number of halogens is 1. The van der Waals surface area contributed by atoms with Crippen LogP contribution in [0.2, 0.25) is 0 Å². The summed E-state index contributed by atoms with van der Waals surface area (Å²) in [6.45, 7) is 4.47. The molecule has 4 nitrogen and oxygen atoms in total.